The molecule has 18 heavy (non-hydrogen) atoms. The van der Waals surface area contributed by atoms with E-state index < -0.39 is 0 Å². The summed E-state index contributed by atoms with van der Waals surface area (Å²) in [7, 11) is 0. The van der Waals surface area contributed by atoms with Gasteiger partial charge in [0.15, 0.2) is 0 Å². The molecule has 3 rings (SSSR count). The second-order valence-corrected chi connectivity index (χ2v) is 4.70. The van der Waals surface area contributed by atoms with Crippen molar-refractivity contribution in [1.82, 2.24) is 0 Å². The van der Waals surface area contributed by atoms with Crippen molar-refractivity contribution in [3.8, 4) is 11.5 Å². The van der Waals surface area contributed by atoms with Gasteiger partial charge in [0.25, 0.3) is 0 Å². The van der Waals surface area contributed by atoms with Gasteiger partial charge in [-0.3, -0.25) is 0 Å². The Morgan fingerprint density at radius 1 is 1.00 bits per heavy atom. The summed E-state index contributed by atoms with van der Waals surface area (Å²) in [4.78, 5) is 0. The van der Waals surface area contributed by atoms with Crippen LogP contribution in [0.1, 0.15) is 23.1 Å². The standard InChI is InChI=1S/C16H17NO/c17-11-14-4-1-2-7-16(14)18-15-9-8-12-5-3-6-13(12)10-15/h1-2,4,7-10H,3,5-6,11,17H2. The summed E-state index contributed by atoms with van der Waals surface area (Å²) in [5.41, 5.74) is 9.65. The number of ether oxygens (including phenoxy) is 1. The Morgan fingerprint density at radius 2 is 1.83 bits per heavy atom. The second kappa shape index (κ2) is 4.83. The summed E-state index contributed by atoms with van der Waals surface area (Å²) in [5, 5.41) is 0. The van der Waals surface area contributed by atoms with Crippen LogP contribution in [0.2, 0.25) is 0 Å². The third-order valence-corrected chi connectivity index (χ3v) is 3.49. The van der Waals surface area contributed by atoms with Crippen LogP contribution >= 0.6 is 0 Å². The average Bonchev–Trinajstić information content (AvgIpc) is 2.87. The van der Waals surface area contributed by atoms with E-state index in [1.807, 2.05) is 24.3 Å². The molecule has 0 aromatic heterocycles. The molecule has 2 heteroatoms. The molecular weight excluding hydrogens is 222 g/mol. The van der Waals surface area contributed by atoms with Gasteiger partial charge in [-0.1, -0.05) is 24.3 Å². The van der Waals surface area contributed by atoms with E-state index in [4.69, 9.17) is 10.5 Å². The van der Waals surface area contributed by atoms with Gasteiger partial charge in [0, 0.05) is 12.1 Å². The van der Waals surface area contributed by atoms with Crippen LogP contribution in [0.15, 0.2) is 42.5 Å². The average molecular weight is 239 g/mol. The van der Waals surface area contributed by atoms with Gasteiger partial charge >= 0.3 is 0 Å². The lowest BCUT2D eigenvalue weighted by Crippen LogP contribution is -1.99. The monoisotopic (exact) mass is 239 g/mol. The van der Waals surface area contributed by atoms with Crippen LogP contribution in [0.25, 0.3) is 0 Å². The highest BCUT2D eigenvalue weighted by atomic mass is 16.5. The molecule has 0 spiro atoms. The Hall–Kier alpha value is -1.80. The highest BCUT2D eigenvalue weighted by Crippen LogP contribution is 2.30. The molecule has 1 aliphatic rings. The van der Waals surface area contributed by atoms with Gasteiger partial charge in [0.05, 0.1) is 0 Å². The number of rotatable bonds is 3. The summed E-state index contributed by atoms with van der Waals surface area (Å²) in [6.45, 7) is 0.501. The minimum absolute atomic E-state index is 0.501. The predicted octanol–water partition coefficient (Wildman–Crippen LogP) is 3.43. The third-order valence-electron chi connectivity index (χ3n) is 3.49. The molecule has 1 aliphatic carbocycles. The molecule has 0 radical (unpaired) electrons. The minimum atomic E-state index is 0.501. The van der Waals surface area contributed by atoms with Crippen LogP contribution in [0.4, 0.5) is 0 Å². The van der Waals surface area contributed by atoms with Gasteiger partial charge in [0.2, 0.25) is 0 Å². The first kappa shape index (κ1) is 11.3. The zero-order valence-corrected chi connectivity index (χ0v) is 10.4. The molecule has 2 aromatic carbocycles. The first-order chi connectivity index (χ1) is 8.86. The number of aryl methyl sites for hydroxylation is 2. The summed E-state index contributed by atoms with van der Waals surface area (Å²) >= 11 is 0. The lowest BCUT2D eigenvalue weighted by atomic mass is 10.1. The van der Waals surface area contributed by atoms with E-state index >= 15 is 0 Å². The Labute approximate surface area is 107 Å². The van der Waals surface area contributed by atoms with Gasteiger partial charge < -0.3 is 10.5 Å². The van der Waals surface area contributed by atoms with Crippen LogP contribution in [0.5, 0.6) is 11.5 Å². The van der Waals surface area contributed by atoms with Crippen LogP contribution in [0, 0.1) is 0 Å². The van der Waals surface area contributed by atoms with Gasteiger partial charge in [-0.15, -0.1) is 0 Å². The Kier molecular flexibility index (Phi) is 3.03. The Bertz CT molecular complexity index is 563. The van der Waals surface area contributed by atoms with E-state index in [-0.39, 0.29) is 0 Å². The Morgan fingerprint density at radius 3 is 2.72 bits per heavy atom. The molecule has 0 bridgehead atoms. The molecule has 2 aromatic rings. The molecule has 0 fully saturated rings. The molecule has 0 atom stereocenters. The number of hydrogen-bond donors (Lipinski definition) is 1. The quantitative estimate of drug-likeness (QED) is 0.890. The molecule has 2 N–H and O–H groups in total. The van der Waals surface area contributed by atoms with Crippen LogP contribution < -0.4 is 10.5 Å². The topological polar surface area (TPSA) is 35.2 Å². The number of benzene rings is 2. The lowest BCUT2D eigenvalue weighted by Gasteiger charge is -2.11. The highest BCUT2D eigenvalue weighted by molar-refractivity contribution is 5.42. The van der Waals surface area contributed by atoms with Crippen molar-refractivity contribution >= 4 is 0 Å². The van der Waals surface area contributed by atoms with E-state index in [0.717, 1.165) is 17.1 Å². The fraction of sp³-hybridized carbons (Fsp3) is 0.250. The summed E-state index contributed by atoms with van der Waals surface area (Å²) in [6, 6.07) is 14.3. The van der Waals surface area contributed by atoms with Crippen molar-refractivity contribution in [1.29, 1.82) is 0 Å². The normalized spacial score (nSPS) is 13.4. The Balaban J connectivity index is 1.88. The van der Waals surface area contributed by atoms with Crippen LogP contribution in [-0.4, -0.2) is 0 Å². The van der Waals surface area contributed by atoms with Gasteiger partial charge in [-0.2, -0.15) is 0 Å². The van der Waals surface area contributed by atoms with Crippen molar-refractivity contribution in [2.75, 3.05) is 0 Å². The summed E-state index contributed by atoms with van der Waals surface area (Å²) in [6.07, 6.45) is 3.64. The first-order valence-corrected chi connectivity index (χ1v) is 6.44. The number of hydrogen-bond acceptors (Lipinski definition) is 2. The SMILES string of the molecule is NCc1ccccc1Oc1ccc2c(c1)CCC2. The predicted molar refractivity (Wildman–Crippen MR) is 72.9 cm³/mol. The van der Waals surface area contributed by atoms with Gasteiger partial charge in [-0.25, -0.2) is 0 Å². The fourth-order valence-corrected chi connectivity index (χ4v) is 2.51. The second-order valence-electron chi connectivity index (χ2n) is 4.70. The maximum Gasteiger partial charge on any atom is 0.131 e. The van der Waals surface area contributed by atoms with E-state index in [2.05, 4.69) is 18.2 Å². The minimum Gasteiger partial charge on any atom is -0.457 e. The molecule has 0 saturated heterocycles. The number of nitrogens with two attached hydrogens (primary N) is 1. The first-order valence-electron chi connectivity index (χ1n) is 6.44. The molecule has 92 valence electrons. The maximum atomic E-state index is 5.95. The van der Waals surface area contributed by atoms with Crippen molar-refractivity contribution < 1.29 is 4.74 Å². The lowest BCUT2D eigenvalue weighted by molar-refractivity contribution is 0.476. The maximum absolute atomic E-state index is 5.95. The van der Waals surface area contributed by atoms with Crippen LogP contribution in [-0.2, 0) is 19.4 Å². The number of para-hydroxylation sites is 1. The summed E-state index contributed by atoms with van der Waals surface area (Å²) in [5.74, 6) is 1.77. The van der Waals surface area contributed by atoms with E-state index in [9.17, 15) is 0 Å². The molecule has 0 heterocycles. The number of fused-ring (bicyclic) bond motifs is 1. The van der Waals surface area contributed by atoms with Crippen LogP contribution in [0.3, 0.4) is 0 Å². The van der Waals surface area contributed by atoms with Crippen molar-refractivity contribution in [2.45, 2.75) is 25.8 Å². The van der Waals surface area contributed by atoms with Crippen molar-refractivity contribution in [3.63, 3.8) is 0 Å². The molecule has 0 saturated carbocycles. The molecule has 0 amide bonds. The fourth-order valence-electron chi connectivity index (χ4n) is 2.51. The smallest absolute Gasteiger partial charge is 0.131 e. The van der Waals surface area contributed by atoms with E-state index in [1.165, 1.54) is 30.4 Å². The zero-order valence-electron chi connectivity index (χ0n) is 10.4. The van der Waals surface area contributed by atoms with Crippen molar-refractivity contribution in [3.05, 3.63) is 59.2 Å². The zero-order chi connectivity index (χ0) is 12.4. The van der Waals surface area contributed by atoms with Gasteiger partial charge in [-0.05, 0) is 48.6 Å². The van der Waals surface area contributed by atoms with E-state index in [1.54, 1.807) is 0 Å². The molecular formula is C16H17NO. The molecule has 0 unspecified atom stereocenters. The highest BCUT2D eigenvalue weighted by Gasteiger charge is 2.12. The van der Waals surface area contributed by atoms with E-state index in [0.29, 0.717) is 6.54 Å². The van der Waals surface area contributed by atoms with Crippen molar-refractivity contribution in [2.24, 2.45) is 5.73 Å². The van der Waals surface area contributed by atoms with Gasteiger partial charge in [0.1, 0.15) is 11.5 Å². The molecule has 0 aliphatic heterocycles. The third kappa shape index (κ3) is 2.12. The summed E-state index contributed by atoms with van der Waals surface area (Å²) < 4.78 is 5.95. The molecule has 2 nitrogen and oxygen atoms in total. The largest absolute Gasteiger partial charge is 0.457 e.